The molecule has 43 heavy (non-hydrogen) atoms. The quantitative estimate of drug-likeness (QED) is 0.223. The van der Waals surface area contributed by atoms with Crippen molar-refractivity contribution in [2.45, 2.75) is 84.9 Å². The van der Waals surface area contributed by atoms with Crippen LogP contribution in [0.5, 0.6) is 5.75 Å². The third-order valence-corrected chi connectivity index (χ3v) is 8.16. The molecular weight excluding hydrogens is 593 g/mol. The van der Waals surface area contributed by atoms with Crippen molar-refractivity contribution in [3.63, 3.8) is 0 Å². The number of nitrogens with zero attached hydrogens (tertiary/aromatic N) is 5. The second kappa shape index (κ2) is 12.8. The molecule has 4 rings (SSSR count). The van der Waals surface area contributed by atoms with Crippen LogP contribution in [0, 0.1) is 5.82 Å². The number of carbonyl (C=O) groups excluding carboxylic acids is 1. The molecule has 3 aromatic rings. The monoisotopic (exact) mass is 631 g/mol. The number of carbonyl (C=O) groups is 1. The molecule has 0 spiro atoms. The summed E-state index contributed by atoms with van der Waals surface area (Å²) in [6, 6.07) is 6.30. The number of amides is 1. The van der Waals surface area contributed by atoms with Crippen LogP contribution >= 0.6 is 22.9 Å². The first kappa shape index (κ1) is 32.6. The maximum Gasteiger partial charge on any atom is 0.413 e. The Balaban J connectivity index is 1.50. The van der Waals surface area contributed by atoms with Crippen LogP contribution < -0.4 is 9.64 Å². The molecule has 1 aliphatic heterocycles. The van der Waals surface area contributed by atoms with Crippen LogP contribution in [0.15, 0.2) is 43.1 Å². The topological polar surface area (TPSA) is 89.9 Å². The molecule has 1 aliphatic rings. The molecule has 1 aromatic carbocycles. The number of anilines is 1. The van der Waals surface area contributed by atoms with Crippen molar-refractivity contribution in [2.75, 3.05) is 18.1 Å². The highest BCUT2D eigenvalue weighted by molar-refractivity contribution is 7.18. The van der Waals surface area contributed by atoms with Gasteiger partial charge in [0.2, 0.25) is 0 Å². The fourth-order valence-corrected chi connectivity index (χ4v) is 6.06. The van der Waals surface area contributed by atoms with E-state index in [4.69, 9.17) is 25.8 Å². The highest BCUT2D eigenvalue weighted by Gasteiger charge is 2.50. The molecule has 0 unspecified atom stereocenters. The molecule has 9 nitrogen and oxygen atoms in total. The number of benzene rings is 1. The number of hydrogen-bond acceptors (Lipinski definition) is 9. The van der Waals surface area contributed by atoms with Crippen molar-refractivity contribution >= 4 is 34.8 Å². The van der Waals surface area contributed by atoms with Crippen molar-refractivity contribution in [2.24, 2.45) is 0 Å². The van der Waals surface area contributed by atoms with E-state index in [0.717, 1.165) is 11.4 Å². The Morgan fingerprint density at radius 1 is 1.28 bits per heavy atom. The highest BCUT2D eigenvalue weighted by atomic mass is 35.5. The van der Waals surface area contributed by atoms with E-state index in [1.54, 1.807) is 40.8 Å². The molecule has 1 saturated heterocycles. The minimum Gasteiger partial charge on any atom is -0.488 e. The summed E-state index contributed by atoms with van der Waals surface area (Å²) >= 11 is 7.87. The second-order valence-electron chi connectivity index (χ2n) is 12.1. The third-order valence-electron chi connectivity index (χ3n) is 6.84. The summed E-state index contributed by atoms with van der Waals surface area (Å²) in [7, 11) is 0. The first-order valence-electron chi connectivity index (χ1n) is 14.1. The SMILES string of the molecule is C=CCN(c1ccc(-c2nnc(-c3cc(F)c(OC[C@@H]4[C@@H](C)OC(C)(C)N4C(=O)OC(C)(C)C)cc3Cl)s2)cn1)C(C)C. The van der Waals surface area contributed by atoms with E-state index in [2.05, 4.69) is 40.5 Å². The Kier molecular flexibility index (Phi) is 9.68. The molecule has 0 aliphatic carbocycles. The van der Waals surface area contributed by atoms with Crippen LogP contribution in [0.2, 0.25) is 5.02 Å². The summed E-state index contributed by atoms with van der Waals surface area (Å²) in [5.41, 5.74) is -0.437. The van der Waals surface area contributed by atoms with Crippen molar-refractivity contribution < 1.29 is 23.4 Å². The van der Waals surface area contributed by atoms with Crippen LogP contribution in [0.1, 0.15) is 55.4 Å². The second-order valence-corrected chi connectivity index (χ2v) is 13.5. The molecule has 1 fully saturated rings. The average Bonchev–Trinajstić information content (AvgIpc) is 3.48. The number of pyridine rings is 1. The Bertz CT molecular complexity index is 1460. The minimum atomic E-state index is -0.930. The number of rotatable bonds is 9. The Hall–Kier alpha value is -3.28. The highest BCUT2D eigenvalue weighted by Crippen LogP contribution is 2.38. The fraction of sp³-hybridized carbons (Fsp3) is 0.484. The van der Waals surface area contributed by atoms with Crippen molar-refractivity contribution in [3.05, 3.63) is 54.0 Å². The van der Waals surface area contributed by atoms with E-state index < -0.39 is 29.3 Å². The molecule has 12 heteroatoms. The van der Waals surface area contributed by atoms with Gasteiger partial charge in [-0.1, -0.05) is 29.0 Å². The molecule has 2 atom stereocenters. The van der Waals surface area contributed by atoms with Gasteiger partial charge < -0.3 is 19.1 Å². The van der Waals surface area contributed by atoms with E-state index in [1.165, 1.54) is 28.4 Å². The van der Waals surface area contributed by atoms with Gasteiger partial charge in [0.1, 0.15) is 33.8 Å². The number of hydrogen-bond donors (Lipinski definition) is 0. The standard InChI is InChI=1S/C31H39ClFN5O4S/c1-10-13-37(18(2)3)26-12-11-20(16-34-26)27-35-36-28(43-27)21-14-23(33)25(15-22(21)32)40-17-24-19(4)41-31(8,9)38(24)29(39)42-30(5,6)7/h10-12,14-16,18-19,24H,1,13,17H2,2-9H3/t19-,24-/m1/s1. The van der Waals surface area contributed by atoms with E-state index in [0.29, 0.717) is 22.1 Å². The molecule has 2 aromatic heterocycles. The van der Waals surface area contributed by atoms with E-state index in [1.807, 2.05) is 25.1 Å². The van der Waals surface area contributed by atoms with Crippen LogP contribution in [0.25, 0.3) is 21.1 Å². The van der Waals surface area contributed by atoms with Crippen molar-refractivity contribution in [1.29, 1.82) is 0 Å². The van der Waals surface area contributed by atoms with Crippen molar-refractivity contribution in [1.82, 2.24) is 20.1 Å². The molecule has 232 valence electrons. The summed E-state index contributed by atoms with van der Waals surface area (Å²) in [5, 5.41) is 9.88. The van der Waals surface area contributed by atoms with Crippen molar-refractivity contribution in [3.8, 4) is 26.9 Å². The fourth-order valence-electron chi connectivity index (χ4n) is 4.89. The van der Waals surface area contributed by atoms with Gasteiger partial charge in [-0.2, -0.15) is 0 Å². The summed E-state index contributed by atoms with van der Waals surface area (Å²) in [5.74, 6) is 0.168. The van der Waals surface area contributed by atoms with Crippen LogP contribution in [0.3, 0.4) is 0 Å². The van der Waals surface area contributed by atoms with E-state index in [-0.39, 0.29) is 29.5 Å². The minimum absolute atomic E-state index is 0.0244. The van der Waals surface area contributed by atoms with Gasteiger partial charge in [-0.05, 0) is 73.6 Å². The van der Waals surface area contributed by atoms with Crippen LogP contribution in [-0.4, -0.2) is 68.8 Å². The van der Waals surface area contributed by atoms with Crippen LogP contribution in [0.4, 0.5) is 15.0 Å². The maximum absolute atomic E-state index is 15.3. The molecule has 0 N–H and O–H groups in total. The number of halogens is 2. The largest absolute Gasteiger partial charge is 0.488 e. The molecule has 0 bridgehead atoms. The van der Waals surface area contributed by atoms with Gasteiger partial charge in [0, 0.05) is 36.0 Å². The molecule has 0 radical (unpaired) electrons. The first-order chi connectivity index (χ1) is 20.1. The summed E-state index contributed by atoms with van der Waals surface area (Å²) < 4.78 is 32.8. The Morgan fingerprint density at radius 3 is 2.58 bits per heavy atom. The van der Waals surface area contributed by atoms with Crippen LogP contribution in [-0.2, 0) is 9.47 Å². The zero-order chi connectivity index (χ0) is 31.7. The van der Waals surface area contributed by atoms with Gasteiger partial charge in [-0.3, -0.25) is 4.90 Å². The van der Waals surface area contributed by atoms with Gasteiger partial charge in [-0.25, -0.2) is 14.2 Å². The van der Waals surface area contributed by atoms with Gasteiger partial charge >= 0.3 is 6.09 Å². The summed E-state index contributed by atoms with van der Waals surface area (Å²) in [6.45, 7) is 19.5. The molecular formula is C31H39ClFN5O4S. The van der Waals surface area contributed by atoms with Gasteiger partial charge in [-0.15, -0.1) is 16.8 Å². The smallest absolute Gasteiger partial charge is 0.413 e. The number of aromatic nitrogens is 3. The number of ether oxygens (including phenoxy) is 3. The lowest BCUT2D eigenvalue weighted by Gasteiger charge is -2.35. The van der Waals surface area contributed by atoms with Gasteiger partial charge in [0.05, 0.1) is 17.2 Å². The van der Waals surface area contributed by atoms with E-state index >= 15 is 4.39 Å². The lowest BCUT2D eigenvalue weighted by atomic mass is 10.1. The van der Waals surface area contributed by atoms with Gasteiger partial charge in [0.15, 0.2) is 11.6 Å². The molecule has 1 amide bonds. The zero-order valence-electron chi connectivity index (χ0n) is 25.9. The zero-order valence-corrected chi connectivity index (χ0v) is 27.4. The first-order valence-corrected chi connectivity index (χ1v) is 15.3. The van der Waals surface area contributed by atoms with Gasteiger partial charge in [0.25, 0.3) is 0 Å². The summed E-state index contributed by atoms with van der Waals surface area (Å²) in [6.07, 6.45) is 2.68. The summed E-state index contributed by atoms with van der Waals surface area (Å²) in [4.78, 5) is 21.2. The lowest BCUT2D eigenvalue weighted by molar-refractivity contribution is -0.0760. The third kappa shape index (κ3) is 7.45. The predicted molar refractivity (Wildman–Crippen MR) is 168 cm³/mol. The Labute approximate surface area is 261 Å². The van der Waals surface area contributed by atoms with E-state index in [9.17, 15) is 4.79 Å². The molecule has 0 saturated carbocycles. The predicted octanol–water partition coefficient (Wildman–Crippen LogP) is 7.60. The lowest BCUT2D eigenvalue weighted by Crippen LogP contribution is -2.52. The maximum atomic E-state index is 15.3. The molecule has 3 heterocycles. The normalized spacial score (nSPS) is 18.2. The average molecular weight is 632 g/mol. The Morgan fingerprint density at radius 2 is 1.98 bits per heavy atom.